The van der Waals surface area contributed by atoms with Crippen molar-refractivity contribution in [1.29, 1.82) is 0 Å². The van der Waals surface area contributed by atoms with Gasteiger partial charge in [0.15, 0.2) is 0 Å². The lowest BCUT2D eigenvalue weighted by Gasteiger charge is -2.39. The Morgan fingerprint density at radius 3 is 2.56 bits per heavy atom. The minimum atomic E-state index is -0.481. The van der Waals surface area contributed by atoms with E-state index in [4.69, 9.17) is 4.74 Å². The zero-order valence-electron chi connectivity index (χ0n) is 14.0. The Balaban J connectivity index is 1.82. The van der Waals surface area contributed by atoms with Crippen LogP contribution in [0.15, 0.2) is 54.6 Å². The van der Waals surface area contributed by atoms with Crippen LogP contribution >= 0.6 is 0 Å². The highest BCUT2D eigenvalue weighted by Crippen LogP contribution is 2.36. The molecule has 0 aliphatic carbocycles. The van der Waals surface area contributed by atoms with Crippen LogP contribution in [0.25, 0.3) is 6.08 Å². The van der Waals surface area contributed by atoms with Crippen molar-refractivity contribution in [3.63, 3.8) is 0 Å². The van der Waals surface area contributed by atoms with Gasteiger partial charge < -0.3 is 9.64 Å². The highest BCUT2D eigenvalue weighted by atomic mass is 16.6. The normalized spacial score (nSPS) is 15.5. The lowest BCUT2D eigenvalue weighted by atomic mass is 10.0. The van der Waals surface area contributed by atoms with Crippen molar-refractivity contribution < 1.29 is 14.5 Å². The van der Waals surface area contributed by atoms with Gasteiger partial charge in [-0.05, 0) is 49.8 Å². The lowest BCUT2D eigenvalue weighted by molar-refractivity contribution is -0.384. The summed E-state index contributed by atoms with van der Waals surface area (Å²) in [6.45, 7) is 4.31. The van der Waals surface area contributed by atoms with E-state index in [0.717, 1.165) is 11.3 Å². The monoisotopic (exact) mass is 338 g/mol. The Bertz CT molecular complexity index is 841. The van der Waals surface area contributed by atoms with Crippen LogP contribution in [-0.4, -0.2) is 23.0 Å². The Morgan fingerprint density at radius 2 is 1.88 bits per heavy atom. The quantitative estimate of drug-likeness (QED) is 0.484. The summed E-state index contributed by atoms with van der Waals surface area (Å²) in [5.74, 6) is 0.512. The van der Waals surface area contributed by atoms with Crippen LogP contribution in [0.2, 0.25) is 0 Å². The number of ether oxygens (including phenoxy) is 1. The maximum atomic E-state index is 12.7. The van der Waals surface area contributed by atoms with E-state index < -0.39 is 10.5 Å². The van der Waals surface area contributed by atoms with Gasteiger partial charge in [0.1, 0.15) is 11.4 Å². The van der Waals surface area contributed by atoms with Crippen LogP contribution in [0.5, 0.6) is 5.75 Å². The number of anilines is 1. The number of carbonyl (C=O) groups excluding carboxylic acids is 1. The SMILES string of the molecule is CC1(C)CN(C(=O)/C=C/c2ccc([N+](=O)[O-])cc2)c2ccccc2O1. The smallest absolute Gasteiger partial charge is 0.269 e. The summed E-state index contributed by atoms with van der Waals surface area (Å²) >= 11 is 0. The molecule has 0 N–H and O–H groups in total. The highest BCUT2D eigenvalue weighted by molar-refractivity contribution is 6.05. The average Bonchev–Trinajstić information content (AvgIpc) is 2.58. The molecule has 2 aromatic rings. The minimum absolute atomic E-state index is 0.0207. The fraction of sp³-hybridized carbons (Fsp3) is 0.211. The Hall–Kier alpha value is -3.15. The van der Waals surface area contributed by atoms with E-state index in [1.165, 1.54) is 18.2 Å². The summed E-state index contributed by atoms with van der Waals surface area (Å²) in [7, 11) is 0. The molecule has 0 spiro atoms. The number of hydrogen-bond donors (Lipinski definition) is 0. The molecular weight excluding hydrogens is 320 g/mol. The van der Waals surface area contributed by atoms with Gasteiger partial charge in [-0.15, -0.1) is 0 Å². The molecule has 128 valence electrons. The summed E-state index contributed by atoms with van der Waals surface area (Å²) in [6.07, 6.45) is 3.12. The predicted octanol–water partition coefficient (Wildman–Crippen LogP) is 3.81. The number of rotatable bonds is 3. The Morgan fingerprint density at radius 1 is 1.20 bits per heavy atom. The number of non-ortho nitro benzene ring substituents is 1. The summed E-state index contributed by atoms with van der Waals surface area (Å²) < 4.78 is 5.92. The van der Waals surface area contributed by atoms with Gasteiger partial charge in [-0.25, -0.2) is 0 Å². The van der Waals surface area contributed by atoms with Crippen molar-refractivity contribution in [2.24, 2.45) is 0 Å². The van der Waals surface area contributed by atoms with E-state index in [2.05, 4.69) is 0 Å². The highest BCUT2D eigenvalue weighted by Gasteiger charge is 2.33. The third-order valence-corrected chi connectivity index (χ3v) is 3.87. The fourth-order valence-electron chi connectivity index (χ4n) is 2.72. The van der Waals surface area contributed by atoms with Crippen LogP contribution in [0, 0.1) is 10.1 Å². The fourth-order valence-corrected chi connectivity index (χ4v) is 2.72. The van der Waals surface area contributed by atoms with Crippen molar-refractivity contribution in [3.8, 4) is 5.75 Å². The standard InChI is InChI=1S/C19H18N2O4/c1-19(2)13-20(16-5-3-4-6-17(16)25-19)18(22)12-9-14-7-10-15(11-8-14)21(23)24/h3-12H,13H2,1-2H3/b12-9+. The van der Waals surface area contributed by atoms with Crippen LogP contribution in [0.1, 0.15) is 19.4 Å². The molecule has 2 aromatic carbocycles. The predicted molar refractivity (Wildman–Crippen MR) is 95.6 cm³/mol. The van der Waals surface area contributed by atoms with Crippen molar-refractivity contribution in [2.45, 2.75) is 19.4 Å². The largest absolute Gasteiger partial charge is 0.484 e. The second kappa shape index (κ2) is 6.39. The van der Waals surface area contributed by atoms with Gasteiger partial charge in [0.05, 0.1) is 17.2 Å². The number of benzene rings is 2. The minimum Gasteiger partial charge on any atom is -0.484 e. The number of nitro benzene ring substituents is 1. The molecule has 0 aromatic heterocycles. The van der Waals surface area contributed by atoms with E-state index in [1.54, 1.807) is 23.1 Å². The zero-order chi connectivity index (χ0) is 18.0. The van der Waals surface area contributed by atoms with E-state index in [0.29, 0.717) is 12.3 Å². The number of carbonyl (C=O) groups is 1. The second-order valence-electron chi connectivity index (χ2n) is 6.44. The van der Waals surface area contributed by atoms with Crippen molar-refractivity contribution in [2.75, 3.05) is 11.4 Å². The molecule has 0 unspecified atom stereocenters. The molecule has 0 radical (unpaired) electrons. The number of para-hydroxylation sites is 2. The molecule has 0 saturated heterocycles. The molecule has 6 heteroatoms. The molecule has 25 heavy (non-hydrogen) atoms. The molecule has 3 rings (SSSR count). The first-order valence-corrected chi connectivity index (χ1v) is 7.88. The van der Waals surface area contributed by atoms with Crippen LogP contribution in [0.4, 0.5) is 11.4 Å². The molecular formula is C19H18N2O4. The molecule has 6 nitrogen and oxygen atoms in total. The number of nitro groups is 1. The van der Waals surface area contributed by atoms with Gasteiger partial charge in [0, 0.05) is 18.2 Å². The van der Waals surface area contributed by atoms with Gasteiger partial charge >= 0.3 is 0 Å². The summed E-state index contributed by atoms with van der Waals surface area (Å²) in [5.41, 5.74) is 0.998. The molecule has 1 aliphatic rings. The van der Waals surface area contributed by atoms with E-state index in [-0.39, 0.29) is 11.6 Å². The maximum absolute atomic E-state index is 12.7. The summed E-state index contributed by atoms with van der Waals surface area (Å²) in [6, 6.07) is 13.5. The van der Waals surface area contributed by atoms with Gasteiger partial charge in [-0.3, -0.25) is 14.9 Å². The number of fused-ring (bicyclic) bond motifs is 1. The average molecular weight is 338 g/mol. The van der Waals surface area contributed by atoms with Gasteiger partial charge in [0.25, 0.3) is 11.6 Å². The first-order valence-electron chi connectivity index (χ1n) is 7.88. The van der Waals surface area contributed by atoms with Crippen LogP contribution in [-0.2, 0) is 4.79 Å². The molecule has 0 saturated carbocycles. The number of hydrogen-bond acceptors (Lipinski definition) is 4. The molecule has 0 bridgehead atoms. The number of amides is 1. The van der Waals surface area contributed by atoms with Crippen molar-refractivity contribution in [1.82, 2.24) is 0 Å². The molecule has 1 amide bonds. The number of nitrogens with zero attached hydrogens (tertiary/aromatic N) is 2. The van der Waals surface area contributed by atoms with Gasteiger partial charge in [-0.2, -0.15) is 0 Å². The summed E-state index contributed by atoms with van der Waals surface area (Å²) in [4.78, 5) is 24.6. The Labute approximate surface area is 145 Å². The lowest BCUT2D eigenvalue weighted by Crippen LogP contribution is -2.48. The third-order valence-electron chi connectivity index (χ3n) is 3.87. The molecule has 1 heterocycles. The molecule has 0 atom stereocenters. The maximum Gasteiger partial charge on any atom is 0.269 e. The molecule has 1 aliphatic heterocycles. The van der Waals surface area contributed by atoms with Gasteiger partial charge in [0.2, 0.25) is 0 Å². The summed E-state index contributed by atoms with van der Waals surface area (Å²) in [5, 5.41) is 10.7. The Kier molecular flexibility index (Phi) is 4.27. The van der Waals surface area contributed by atoms with E-state index in [1.807, 2.05) is 38.1 Å². The first kappa shape index (κ1) is 16.7. The van der Waals surface area contributed by atoms with Crippen LogP contribution < -0.4 is 9.64 Å². The zero-order valence-corrected chi connectivity index (χ0v) is 14.0. The topological polar surface area (TPSA) is 72.7 Å². The van der Waals surface area contributed by atoms with Crippen LogP contribution in [0.3, 0.4) is 0 Å². The van der Waals surface area contributed by atoms with Crippen molar-refractivity contribution in [3.05, 3.63) is 70.3 Å². The van der Waals surface area contributed by atoms with Gasteiger partial charge in [-0.1, -0.05) is 12.1 Å². The third kappa shape index (κ3) is 3.68. The molecule has 0 fully saturated rings. The van der Waals surface area contributed by atoms with E-state index in [9.17, 15) is 14.9 Å². The van der Waals surface area contributed by atoms with E-state index >= 15 is 0 Å². The van der Waals surface area contributed by atoms with Crippen molar-refractivity contribution >= 4 is 23.4 Å². The second-order valence-corrected chi connectivity index (χ2v) is 6.44. The first-order chi connectivity index (χ1) is 11.9.